The Bertz CT molecular complexity index is 195. The molecule has 14 heavy (non-hydrogen) atoms. The molecule has 0 aromatic carbocycles. The first-order chi connectivity index (χ1) is 6.52. The molecule has 0 radical (unpaired) electrons. The molecule has 0 aliphatic carbocycles. The lowest BCUT2D eigenvalue weighted by Crippen LogP contribution is -2.45. The summed E-state index contributed by atoms with van der Waals surface area (Å²) in [4.78, 5) is 13.9. The van der Waals surface area contributed by atoms with Gasteiger partial charge in [0.15, 0.2) is 0 Å². The molecule has 82 valence electrons. The van der Waals surface area contributed by atoms with Crippen molar-refractivity contribution in [1.82, 2.24) is 4.90 Å². The van der Waals surface area contributed by atoms with E-state index in [4.69, 9.17) is 5.73 Å². The second kappa shape index (κ2) is 4.78. The molecule has 1 fully saturated rings. The smallest absolute Gasteiger partial charge is 0.225 e. The van der Waals surface area contributed by atoms with Gasteiger partial charge in [0.25, 0.3) is 0 Å². The van der Waals surface area contributed by atoms with Gasteiger partial charge in [-0.05, 0) is 18.8 Å². The third-order valence-corrected chi connectivity index (χ3v) is 3.24. The van der Waals surface area contributed by atoms with E-state index in [2.05, 4.69) is 13.8 Å². The topological polar surface area (TPSA) is 46.3 Å². The molecule has 1 saturated heterocycles. The molecule has 1 aliphatic rings. The van der Waals surface area contributed by atoms with Crippen LogP contribution in [0.4, 0.5) is 0 Å². The van der Waals surface area contributed by atoms with Crippen LogP contribution in [0, 0.1) is 11.8 Å². The fraction of sp³-hybridized carbons (Fsp3) is 0.909. The lowest BCUT2D eigenvalue weighted by Gasteiger charge is -2.33. The average molecular weight is 198 g/mol. The standard InChI is InChI=1S/C11H22N2O/c1-8(2)9(3)11(14)13-6-4-10(12)5-7-13/h8-10H,4-7,12H2,1-3H3. The van der Waals surface area contributed by atoms with Crippen molar-refractivity contribution in [3.05, 3.63) is 0 Å². The first-order valence-electron chi connectivity index (χ1n) is 5.56. The van der Waals surface area contributed by atoms with Gasteiger partial charge in [0, 0.05) is 25.0 Å². The van der Waals surface area contributed by atoms with Gasteiger partial charge in [-0.3, -0.25) is 4.79 Å². The lowest BCUT2D eigenvalue weighted by atomic mass is 9.95. The zero-order valence-electron chi connectivity index (χ0n) is 9.49. The molecule has 0 aromatic heterocycles. The van der Waals surface area contributed by atoms with Gasteiger partial charge in [0.05, 0.1) is 0 Å². The van der Waals surface area contributed by atoms with E-state index in [0.717, 1.165) is 25.9 Å². The van der Waals surface area contributed by atoms with E-state index in [0.29, 0.717) is 17.9 Å². The van der Waals surface area contributed by atoms with Crippen LogP contribution in [0.15, 0.2) is 0 Å². The van der Waals surface area contributed by atoms with E-state index in [1.54, 1.807) is 0 Å². The molecule has 1 aliphatic heterocycles. The summed E-state index contributed by atoms with van der Waals surface area (Å²) in [6, 6.07) is 0.299. The number of carbonyl (C=O) groups is 1. The van der Waals surface area contributed by atoms with Crippen LogP contribution in [-0.4, -0.2) is 29.9 Å². The molecule has 0 spiro atoms. The Labute approximate surface area is 86.6 Å². The summed E-state index contributed by atoms with van der Waals surface area (Å²) in [6.45, 7) is 7.89. The van der Waals surface area contributed by atoms with Crippen LogP contribution in [0.3, 0.4) is 0 Å². The highest BCUT2D eigenvalue weighted by atomic mass is 16.2. The Balaban J connectivity index is 2.45. The van der Waals surface area contributed by atoms with E-state index in [1.165, 1.54) is 0 Å². The molecule has 0 aromatic rings. The number of amides is 1. The highest BCUT2D eigenvalue weighted by molar-refractivity contribution is 5.78. The van der Waals surface area contributed by atoms with Crippen molar-refractivity contribution in [2.24, 2.45) is 17.6 Å². The van der Waals surface area contributed by atoms with Crippen molar-refractivity contribution in [1.29, 1.82) is 0 Å². The highest BCUT2D eigenvalue weighted by Gasteiger charge is 2.25. The molecule has 1 atom stereocenters. The molecular formula is C11H22N2O. The summed E-state index contributed by atoms with van der Waals surface area (Å²) in [6.07, 6.45) is 1.91. The second-order valence-electron chi connectivity index (χ2n) is 4.70. The normalized spacial score (nSPS) is 21.4. The summed E-state index contributed by atoms with van der Waals surface area (Å²) in [5, 5.41) is 0. The average Bonchev–Trinajstić information content (AvgIpc) is 2.16. The van der Waals surface area contributed by atoms with Gasteiger partial charge < -0.3 is 10.6 Å². The minimum atomic E-state index is 0.143. The van der Waals surface area contributed by atoms with E-state index in [9.17, 15) is 4.79 Å². The maximum Gasteiger partial charge on any atom is 0.225 e. The molecule has 1 heterocycles. The summed E-state index contributed by atoms with van der Waals surface area (Å²) >= 11 is 0. The molecule has 3 heteroatoms. The summed E-state index contributed by atoms with van der Waals surface area (Å²) in [7, 11) is 0. The van der Waals surface area contributed by atoms with Gasteiger partial charge in [-0.15, -0.1) is 0 Å². The fourth-order valence-corrected chi connectivity index (χ4v) is 1.69. The summed E-state index contributed by atoms with van der Waals surface area (Å²) in [5.74, 6) is 0.870. The highest BCUT2D eigenvalue weighted by Crippen LogP contribution is 2.16. The molecule has 1 amide bonds. The number of carbonyl (C=O) groups excluding carboxylic acids is 1. The van der Waals surface area contributed by atoms with Crippen molar-refractivity contribution in [2.75, 3.05) is 13.1 Å². The number of nitrogens with two attached hydrogens (primary N) is 1. The number of nitrogens with zero attached hydrogens (tertiary/aromatic N) is 1. The molecule has 1 unspecified atom stereocenters. The van der Waals surface area contributed by atoms with Gasteiger partial charge in [-0.2, -0.15) is 0 Å². The van der Waals surface area contributed by atoms with Crippen LogP contribution in [0.1, 0.15) is 33.6 Å². The number of likely N-dealkylation sites (tertiary alicyclic amines) is 1. The van der Waals surface area contributed by atoms with Gasteiger partial charge in [-0.25, -0.2) is 0 Å². The zero-order valence-corrected chi connectivity index (χ0v) is 9.49. The van der Waals surface area contributed by atoms with Crippen LogP contribution in [0.25, 0.3) is 0 Å². The first-order valence-corrected chi connectivity index (χ1v) is 5.56. The number of hydrogen-bond acceptors (Lipinski definition) is 2. The monoisotopic (exact) mass is 198 g/mol. The minimum absolute atomic E-state index is 0.143. The molecule has 1 rings (SSSR count). The number of hydrogen-bond donors (Lipinski definition) is 1. The Hall–Kier alpha value is -0.570. The second-order valence-corrected chi connectivity index (χ2v) is 4.70. The van der Waals surface area contributed by atoms with E-state index in [-0.39, 0.29) is 5.92 Å². The number of rotatable bonds is 2. The minimum Gasteiger partial charge on any atom is -0.342 e. The van der Waals surface area contributed by atoms with Crippen LogP contribution in [-0.2, 0) is 4.79 Å². The van der Waals surface area contributed by atoms with Crippen molar-refractivity contribution in [2.45, 2.75) is 39.7 Å². The van der Waals surface area contributed by atoms with Gasteiger partial charge in [-0.1, -0.05) is 20.8 Å². The SMILES string of the molecule is CC(C)C(C)C(=O)N1CCC(N)CC1. The van der Waals surface area contributed by atoms with Crippen LogP contribution in [0.5, 0.6) is 0 Å². The Kier molecular flexibility index (Phi) is 3.93. The Morgan fingerprint density at radius 1 is 1.29 bits per heavy atom. The molecule has 3 nitrogen and oxygen atoms in total. The predicted molar refractivity (Wildman–Crippen MR) is 57.8 cm³/mol. The van der Waals surface area contributed by atoms with Crippen molar-refractivity contribution in [3.8, 4) is 0 Å². The summed E-state index contributed by atoms with van der Waals surface area (Å²) in [5.41, 5.74) is 5.80. The van der Waals surface area contributed by atoms with Gasteiger partial charge in [0.2, 0.25) is 5.91 Å². The van der Waals surface area contributed by atoms with Crippen molar-refractivity contribution >= 4 is 5.91 Å². The van der Waals surface area contributed by atoms with Crippen molar-refractivity contribution in [3.63, 3.8) is 0 Å². The van der Waals surface area contributed by atoms with Crippen LogP contribution in [0.2, 0.25) is 0 Å². The quantitative estimate of drug-likeness (QED) is 0.725. The van der Waals surface area contributed by atoms with Crippen LogP contribution >= 0.6 is 0 Å². The van der Waals surface area contributed by atoms with E-state index in [1.807, 2.05) is 11.8 Å². The molecule has 0 saturated carbocycles. The van der Waals surface area contributed by atoms with E-state index < -0.39 is 0 Å². The lowest BCUT2D eigenvalue weighted by molar-refractivity contribution is -0.137. The van der Waals surface area contributed by atoms with Gasteiger partial charge >= 0.3 is 0 Å². The summed E-state index contributed by atoms with van der Waals surface area (Å²) < 4.78 is 0. The maximum atomic E-state index is 11.9. The van der Waals surface area contributed by atoms with Gasteiger partial charge in [0.1, 0.15) is 0 Å². The maximum absolute atomic E-state index is 11.9. The van der Waals surface area contributed by atoms with Crippen LogP contribution < -0.4 is 5.73 Å². The third-order valence-electron chi connectivity index (χ3n) is 3.24. The van der Waals surface area contributed by atoms with E-state index >= 15 is 0 Å². The molecule has 2 N–H and O–H groups in total. The number of piperidine rings is 1. The Morgan fingerprint density at radius 2 is 1.79 bits per heavy atom. The molecular weight excluding hydrogens is 176 g/mol. The largest absolute Gasteiger partial charge is 0.342 e. The molecule has 0 bridgehead atoms. The fourth-order valence-electron chi connectivity index (χ4n) is 1.69. The third kappa shape index (κ3) is 2.71. The zero-order chi connectivity index (χ0) is 10.7. The first kappa shape index (κ1) is 11.5. The van der Waals surface area contributed by atoms with Crippen molar-refractivity contribution < 1.29 is 4.79 Å². The Morgan fingerprint density at radius 3 is 2.21 bits per heavy atom. The predicted octanol–water partition coefficient (Wildman–Crippen LogP) is 1.23.